The van der Waals surface area contributed by atoms with Crippen molar-refractivity contribution in [3.63, 3.8) is 0 Å². The molecular weight excluding hydrogens is 171 g/mol. The summed E-state index contributed by atoms with van der Waals surface area (Å²) < 4.78 is 9.04. The van der Waals surface area contributed by atoms with Gasteiger partial charge >= 0.3 is 42.9 Å². The third-order valence-corrected chi connectivity index (χ3v) is 0.899. The first kappa shape index (κ1) is 14.5. The summed E-state index contributed by atoms with van der Waals surface area (Å²) >= 11 is 0. The van der Waals surface area contributed by atoms with Crippen LogP contribution >= 0.6 is 0 Å². The summed E-state index contributed by atoms with van der Waals surface area (Å²) in [6.07, 6.45) is -0.290. The summed E-state index contributed by atoms with van der Waals surface area (Å²) in [5.41, 5.74) is 0. The Morgan fingerprint density at radius 3 is 1.75 bits per heavy atom. The molecule has 0 aliphatic heterocycles. The third kappa shape index (κ3) is 8.04. The van der Waals surface area contributed by atoms with E-state index in [1.807, 2.05) is 0 Å². The van der Waals surface area contributed by atoms with E-state index in [2.05, 4.69) is 9.47 Å². The fourth-order valence-electron chi connectivity index (χ4n) is 0.542. The van der Waals surface area contributed by atoms with Crippen LogP contribution in [0.3, 0.4) is 0 Å². The number of esters is 2. The monoisotopic (exact) mass is 185 g/mol. The van der Waals surface area contributed by atoms with E-state index in [1.165, 1.54) is 0 Å². The van der Waals surface area contributed by atoms with E-state index in [4.69, 9.17) is 0 Å². The molecule has 5 heteroatoms. The maximum atomic E-state index is 10.6. The van der Waals surface area contributed by atoms with Gasteiger partial charge < -0.3 is 10.9 Å². The second kappa shape index (κ2) is 9.03. The molecule has 0 unspecified atom stereocenters. The fraction of sp³-hybridized carbons (Fsp3) is 0.714. The zero-order chi connectivity index (χ0) is 8.69. The molecular formula is C7H14NaO4+. The smallest absolute Gasteiger partial charge is 1.00 e. The summed E-state index contributed by atoms with van der Waals surface area (Å²) in [6.45, 7) is 3.95. The quantitative estimate of drug-likeness (QED) is 0.281. The molecule has 12 heavy (non-hydrogen) atoms. The van der Waals surface area contributed by atoms with Crippen molar-refractivity contribution in [2.24, 2.45) is 0 Å². The van der Waals surface area contributed by atoms with Crippen LogP contribution in [-0.4, -0.2) is 25.2 Å². The Labute approximate surface area is 96.9 Å². The Kier molecular flexibility index (Phi) is 10.9. The third-order valence-electron chi connectivity index (χ3n) is 0.899. The van der Waals surface area contributed by atoms with Crippen LogP contribution in [0.5, 0.6) is 0 Å². The topological polar surface area (TPSA) is 52.6 Å². The van der Waals surface area contributed by atoms with E-state index in [-0.39, 0.29) is 52.0 Å². The van der Waals surface area contributed by atoms with Crippen LogP contribution in [0.15, 0.2) is 0 Å². The van der Waals surface area contributed by atoms with Gasteiger partial charge in [-0.1, -0.05) is 0 Å². The van der Waals surface area contributed by atoms with E-state index in [9.17, 15) is 9.59 Å². The van der Waals surface area contributed by atoms with Gasteiger partial charge in [0.25, 0.3) is 0 Å². The maximum absolute atomic E-state index is 10.6. The van der Waals surface area contributed by atoms with Crippen LogP contribution in [0.2, 0.25) is 0 Å². The Balaban J connectivity index is -0.000000167. The van der Waals surface area contributed by atoms with E-state index in [0.29, 0.717) is 0 Å². The molecule has 0 radical (unpaired) electrons. The van der Waals surface area contributed by atoms with Gasteiger partial charge in [-0.2, -0.15) is 0 Å². The van der Waals surface area contributed by atoms with Crippen molar-refractivity contribution in [3.05, 3.63) is 0 Å². The van der Waals surface area contributed by atoms with Gasteiger partial charge in [-0.25, -0.2) is 0 Å². The SMILES string of the molecule is CCOC(=O)CC(=O)OCC.[H+].[H-].[Na+]. The molecule has 0 spiro atoms. The van der Waals surface area contributed by atoms with Crippen LogP contribution in [0.4, 0.5) is 0 Å². The molecule has 0 heterocycles. The van der Waals surface area contributed by atoms with E-state index < -0.39 is 11.9 Å². The molecule has 0 bridgehead atoms. The van der Waals surface area contributed by atoms with Gasteiger partial charge in [0.1, 0.15) is 6.42 Å². The van der Waals surface area contributed by atoms with Gasteiger partial charge in [-0.05, 0) is 13.8 Å². The minimum absolute atomic E-state index is 0. The second-order valence-corrected chi connectivity index (χ2v) is 1.79. The number of hydrogen-bond donors (Lipinski definition) is 0. The molecule has 0 aromatic rings. The van der Waals surface area contributed by atoms with Crippen LogP contribution in [0, 0.1) is 0 Å². The number of hydrogen-bond acceptors (Lipinski definition) is 4. The van der Waals surface area contributed by atoms with E-state index in [1.54, 1.807) is 13.8 Å². The van der Waals surface area contributed by atoms with E-state index >= 15 is 0 Å². The molecule has 0 N–H and O–H groups in total. The summed E-state index contributed by atoms with van der Waals surface area (Å²) in [6, 6.07) is 0. The second-order valence-electron chi connectivity index (χ2n) is 1.79. The minimum atomic E-state index is -0.536. The van der Waals surface area contributed by atoms with Gasteiger partial charge in [0.05, 0.1) is 13.2 Å². The van der Waals surface area contributed by atoms with Crippen molar-refractivity contribution in [1.29, 1.82) is 0 Å². The molecule has 66 valence electrons. The molecule has 0 atom stereocenters. The molecule has 0 aromatic carbocycles. The normalized spacial score (nSPS) is 8.17. The Morgan fingerprint density at radius 1 is 1.17 bits per heavy atom. The Bertz CT molecular complexity index is 139. The first-order valence-corrected chi connectivity index (χ1v) is 3.52. The van der Waals surface area contributed by atoms with Gasteiger partial charge in [-0.15, -0.1) is 0 Å². The van der Waals surface area contributed by atoms with Crippen molar-refractivity contribution in [2.75, 3.05) is 13.2 Å². The van der Waals surface area contributed by atoms with Crippen molar-refractivity contribution >= 4 is 11.9 Å². The first-order valence-electron chi connectivity index (χ1n) is 3.52. The zero-order valence-corrected chi connectivity index (χ0v) is 9.75. The Hall–Kier alpha value is -0.0600. The van der Waals surface area contributed by atoms with Crippen LogP contribution in [0.25, 0.3) is 0 Å². The van der Waals surface area contributed by atoms with Crippen molar-refractivity contribution < 1.29 is 51.5 Å². The van der Waals surface area contributed by atoms with Gasteiger partial charge in [0, 0.05) is 0 Å². The molecule has 0 aromatic heterocycles. The molecule has 0 saturated heterocycles. The van der Waals surface area contributed by atoms with Crippen LogP contribution in [0.1, 0.15) is 23.1 Å². The molecule has 0 fully saturated rings. The van der Waals surface area contributed by atoms with Crippen LogP contribution < -0.4 is 29.6 Å². The molecule has 0 amide bonds. The average molecular weight is 185 g/mol. The van der Waals surface area contributed by atoms with Gasteiger partial charge in [0.2, 0.25) is 0 Å². The summed E-state index contributed by atoms with van der Waals surface area (Å²) in [5.74, 6) is -1.07. The summed E-state index contributed by atoms with van der Waals surface area (Å²) in [7, 11) is 0. The predicted molar refractivity (Wildman–Crippen MR) is 40.1 cm³/mol. The molecule has 0 aliphatic rings. The van der Waals surface area contributed by atoms with Crippen molar-refractivity contribution in [1.82, 2.24) is 0 Å². The van der Waals surface area contributed by atoms with Gasteiger partial charge in [0.15, 0.2) is 0 Å². The molecule has 4 nitrogen and oxygen atoms in total. The summed E-state index contributed by atoms with van der Waals surface area (Å²) in [4.78, 5) is 21.2. The van der Waals surface area contributed by atoms with Gasteiger partial charge in [-0.3, -0.25) is 9.59 Å². The number of ether oxygens (including phenoxy) is 2. The number of carbonyl (C=O) groups excluding carboxylic acids is 2. The van der Waals surface area contributed by atoms with Crippen molar-refractivity contribution in [2.45, 2.75) is 20.3 Å². The van der Waals surface area contributed by atoms with E-state index in [0.717, 1.165) is 0 Å². The first-order chi connectivity index (χ1) is 5.20. The standard InChI is InChI=1S/C7H12O4.Na.H/c1-3-10-6(8)5-7(9)11-4-2;;/h3-5H2,1-2H3;;/q;+1;-1/p+1. The molecule has 0 aliphatic carbocycles. The van der Waals surface area contributed by atoms with Crippen molar-refractivity contribution in [3.8, 4) is 0 Å². The predicted octanol–water partition coefficient (Wildman–Crippen LogP) is -2.27. The number of rotatable bonds is 4. The minimum Gasteiger partial charge on any atom is -1.00 e. The molecule has 0 saturated carbocycles. The largest absolute Gasteiger partial charge is 1.00 e. The molecule has 0 rings (SSSR count). The fourth-order valence-corrected chi connectivity index (χ4v) is 0.542. The average Bonchev–Trinajstić information content (AvgIpc) is 1.87. The maximum Gasteiger partial charge on any atom is 1.00 e. The zero-order valence-electron chi connectivity index (χ0n) is 9.75. The summed E-state index contributed by atoms with van der Waals surface area (Å²) in [5, 5.41) is 0. The Morgan fingerprint density at radius 2 is 1.50 bits per heavy atom. The van der Waals surface area contributed by atoms with Crippen LogP contribution in [-0.2, 0) is 19.1 Å². The number of carbonyl (C=O) groups is 2.